The van der Waals surface area contributed by atoms with Crippen molar-refractivity contribution in [3.63, 3.8) is 0 Å². The van der Waals surface area contributed by atoms with Gasteiger partial charge in [-0.1, -0.05) is 30.2 Å². The largest absolute Gasteiger partial charge is 0.491 e. The van der Waals surface area contributed by atoms with E-state index in [9.17, 15) is 9.59 Å². The van der Waals surface area contributed by atoms with Crippen molar-refractivity contribution < 1.29 is 14.3 Å². The summed E-state index contributed by atoms with van der Waals surface area (Å²) in [5.41, 5.74) is 3.06. The van der Waals surface area contributed by atoms with E-state index in [-0.39, 0.29) is 23.7 Å². The summed E-state index contributed by atoms with van der Waals surface area (Å²) < 4.78 is 5.73. The summed E-state index contributed by atoms with van der Waals surface area (Å²) in [6.45, 7) is 6.72. The number of hydrogen-bond acceptors (Lipinski definition) is 3. The molecule has 1 aromatic carbocycles. The molecule has 2 unspecified atom stereocenters. The van der Waals surface area contributed by atoms with E-state index in [1.165, 1.54) is 16.0 Å². The molecule has 0 bridgehead atoms. The highest BCUT2D eigenvalue weighted by molar-refractivity contribution is 6.23. The van der Waals surface area contributed by atoms with Crippen molar-refractivity contribution in [3.05, 3.63) is 35.4 Å². The van der Waals surface area contributed by atoms with Gasteiger partial charge in [0, 0.05) is 0 Å². The molecule has 1 saturated heterocycles. The van der Waals surface area contributed by atoms with Crippen LogP contribution in [0.1, 0.15) is 40.0 Å². The molecular formula is C19H23NO3. The third-order valence-electron chi connectivity index (χ3n) is 4.91. The summed E-state index contributed by atoms with van der Waals surface area (Å²) >= 11 is 0. The number of amides is 2. The maximum absolute atomic E-state index is 12.9. The summed E-state index contributed by atoms with van der Waals surface area (Å²) in [6, 6.07) is 7.32. The number of fused-ring (bicyclic) bond motifs is 1. The first-order valence-electron chi connectivity index (χ1n) is 8.29. The number of carbonyl (C=O) groups is 2. The number of nitrogens with zero attached hydrogens (tertiary/aromatic N) is 1. The Hall–Kier alpha value is -2.10. The lowest BCUT2D eigenvalue weighted by Gasteiger charge is -2.23. The monoisotopic (exact) mass is 313 g/mol. The molecule has 2 atom stereocenters. The van der Waals surface area contributed by atoms with Gasteiger partial charge in [0.15, 0.2) is 0 Å². The van der Waals surface area contributed by atoms with Gasteiger partial charge in [-0.3, -0.25) is 9.59 Å². The number of para-hydroxylation sites is 2. The SMILES string of the molecule is CCCOc1ccccc1N1C(=O)C2CC(C)=C(C)CC2C1=O. The van der Waals surface area contributed by atoms with Crippen LogP contribution in [0.2, 0.25) is 0 Å². The van der Waals surface area contributed by atoms with Crippen LogP contribution in [-0.4, -0.2) is 18.4 Å². The molecule has 2 aliphatic rings. The number of hydrogen-bond donors (Lipinski definition) is 0. The summed E-state index contributed by atoms with van der Waals surface area (Å²) in [4.78, 5) is 27.1. The number of rotatable bonds is 4. The number of allylic oxidation sites excluding steroid dienone is 2. The normalized spacial score (nSPS) is 24.2. The van der Waals surface area contributed by atoms with Gasteiger partial charge in [0.1, 0.15) is 5.75 Å². The Balaban J connectivity index is 1.94. The zero-order valence-corrected chi connectivity index (χ0v) is 14.0. The first-order valence-corrected chi connectivity index (χ1v) is 8.29. The Morgan fingerprint density at radius 1 is 1.04 bits per heavy atom. The zero-order chi connectivity index (χ0) is 16.6. The van der Waals surface area contributed by atoms with Gasteiger partial charge in [-0.05, 0) is 45.2 Å². The molecule has 4 heteroatoms. The number of carbonyl (C=O) groups excluding carboxylic acids is 2. The molecule has 0 spiro atoms. The summed E-state index contributed by atoms with van der Waals surface area (Å²) in [6.07, 6.45) is 2.26. The molecule has 1 fully saturated rings. The molecule has 0 radical (unpaired) electrons. The van der Waals surface area contributed by atoms with Crippen LogP contribution in [-0.2, 0) is 9.59 Å². The maximum Gasteiger partial charge on any atom is 0.238 e. The van der Waals surface area contributed by atoms with Gasteiger partial charge in [-0.25, -0.2) is 4.90 Å². The molecule has 4 nitrogen and oxygen atoms in total. The van der Waals surface area contributed by atoms with Gasteiger partial charge in [0.2, 0.25) is 11.8 Å². The highest BCUT2D eigenvalue weighted by Gasteiger charge is 2.50. The van der Waals surface area contributed by atoms with Crippen molar-refractivity contribution in [2.24, 2.45) is 11.8 Å². The zero-order valence-electron chi connectivity index (χ0n) is 14.0. The standard InChI is InChI=1S/C19H23NO3/c1-4-9-23-17-8-6-5-7-16(17)20-18(21)14-10-12(2)13(3)11-15(14)19(20)22/h5-8,14-15H,4,9-11H2,1-3H3. The third-order valence-corrected chi connectivity index (χ3v) is 4.91. The fourth-order valence-electron chi connectivity index (χ4n) is 3.47. The molecule has 1 heterocycles. The second-order valence-electron chi connectivity index (χ2n) is 6.51. The average Bonchev–Trinajstić information content (AvgIpc) is 2.77. The highest BCUT2D eigenvalue weighted by Crippen LogP contribution is 2.44. The van der Waals surface area contributed by atoms with Crippen LogP contribution in [0.4, 0.5) is 5.69 Å². The molecule has 23 heavy (non-hydrogen) atoms. The molecule has 0 saturated carbocycles. The molecule has 1 aliphatic heterocycles. The van der Waals surface area contributed by atoms with E-state index in [0.717, 1.165) is 6.42 Å². The molecule has 2 amide bonds. The molecule has 3 rings (SSSR count). The minimum absolute atomic E-state index is 0.0839. The minimum atomic E-state index is -0.217. The van der Waals surface area contributed by atoms with E-state index in [2.05, 4.69) is 13.8 Å². The lowest BCUT2D eigenvalue weighted by atomic mass is 9.78. The lowest BCUT2D eigenvalue weighted by Crippen LogP contribution is -2.31. The summed E-state index contributed by atoms with van der Waals surface area (Å²) in [7, 11) is 0. The molecular weight excluding hydrogens is 290 g/mol. The fourth-order valence-corrected chi connectivity index (χ4v) is 3.47. The Morgan fingerprint density at radius 2 is 1.61 bits per heavy atom. The van der Waals surface area contributed by atoms with Crippen LogP contribution < -0.4 is 9.64 Å². The van der Waals surface area contributed by atoms with Crippen LogP contribution in [0.15, 0.2) is 35.4 Å². The number of anilines is 1. The maximum atomic E-state index is 12.9. The van der Waals surface area contributed by atoms with Crippen molar-refractivity contribution in [1.29, 1.82) is 0 Å². The van der Waals surface area contributed by atoms with E-state index in [4.69, 9.17) is 4.74 Å². The Labute approximate surface area is 137 Å². The van der Waals surface area contributed by atoms with E-state index in [1.807, 2.05) is 25.1 Å². The van der Waals surface area contributed by atoms with E-state index in [1.54, 1.807) is 6.07 Å². The van der Waals surface area contributed by atoms with Crippen LogP contribution in [0, 0.1) is 11.8 Å². The summed E-state index contributed by atoms with van der Waals surface area (Å²) in [5.74, 6) is 0.00533. The Morgan fingerprint density at radius 3 is 2.17 bits per heavy atom. The quantitative estimate of drug-likeness (QED) is 0.629. The molecule has 0 N–H and O–H groups in total. The van der Waals surface area contributed by atoms with Gasteiger partial charge in [-0.15, -0.1) is 0 Å². The topological polar surface area (TPSA) is 46.6 Å². The fraction of sp³-hybridized carbons (Fsp3) is 0.474. The highest BCUT2D eigenvalue weighted by atomic mass is 16.5. The predicted molar refractivity (Wildman–Crippen MR) is 89.3 cm³/mol. The third kappa shape index (κ3) is 2.67. The Kier molecular flexibility index (Phi) is 4.24. The van der Waals surface area contributed by atoms with Crippen molar-refractivity contribution in [1.82, 2.24) is 0 Å². The van der Waals surface area contributed by atoms with Gasteiger partial charge in [0.05, 0.1) is 24.1 Å². The van der Waals surface area contributed by atoms with E-state index in [0.29, 0.717) is 30.9 Å². The minimum Gasteiger partial charge on any atom is -0.491 e. The second kappa shape index (κ2) is 6.19. The molecule has 0 aromatic heterocycles. The van der Waals surface area contributed by atoms with Crippen molar-refractivity contribution in [3.8, 4) is 5.75 Å². The van der Waals surface area contributed by atoms with Crippen molar-refractivity contribution >= 4 is 17.5 Å². The Bertz CT molecular complexity index is 645. The second-order valence-corrected chi connectivity index (χ2v) is 6.51. The van der Waals surface area contributed by atoms with Crippen LogP contribution in [0.5, 0.6) is 5.75 Å². The van der Waals surface area contributed by atoms with Gasteiger partial charge < -0.3 is 4.74 Å². The first kappa shape index (κ1) is 15.8. The van der Waals surface area contributed by atoms with Gasteiger partial charge in [-0.2, -0.15) is 0 Å². The first-order chi connectivity index (χ1) is 11.0. The van der Waals surface area contributed by atoms with Crippen molar-refractivity contribution in [2.75, 3.05) is 11.5 Å². The van der Waals surface area contributed by atoms with E-state index < -0.39 is 0 Å². The van der Waals surface area contributed by atoms with Gasteiger partial charge in [0.25, 0.3) is 0 Å². The van der Waals surface area contributed by atoms with Gasteiger partial charge >= 0.3 is 0 Å². The predicted octanol–water partition coefficient (Wildman–Crippen LogP) is 3.71. The van der Waals surface area contributed by atoms with E-state index >= 15 is 0 Å². The smallest absolute Gasteiger partial charge is 0.238 e. The van der Waals surface area contributed by atoms with Crippen LogP contribution >= 0.6 is 0 Å². The molecule has 1 aliphatic carbocycles. The number of benzene rings is 1. The lowest BCUT2D eigenvalue weighted by molar-refractivity contribution is -0.122. The van der Waals surface area contributed by atoms with Crippen LogP contribution in [0.3, 0.4) is 0 Å². The number of imide groups is 1. The van der Waals surface area contributed by atoms with Crippen LogP contribution in [0.25, 0.3) is 0 Å². The average molecular weight is 313 g/mol. The summed E-state index contributed by atoms with van der Waals surface area (Å²) in [5, 5.41) is 0. The molecule has 122 valence electrons. The molecule has 1 aromatic rings. The number of ether oxygens (including phenoxy) is 1. The van der Waals surface area contributed by atoms with Crippen molar-refractivity contribution in [2.45, 2.75) is 40.0 Å².